The molecule has 1 fully saturated rings. The second kappa shape index (κ2) is 8.93. The topological polar surface area (TPSA) is 80.5 Å². The van der Waals surface area contributed by atoms with Crippen molar-refractivity contribution in [2.45, 2.75) is 18.8 Å². The molecule has 0 spiro atoms. The van der Waals surface area contributed by atoms with E-state index in [9.17, 15) is 4.79 Å². The molecular formula is C21H20Cl2N4O3. The van der Waals surface area contributed by atoms with Crippen LogP contribution in [0.1, 0.15) is 24.7 Å². The number of rotatable bonds is 4. The predicted molar refractivity (Wildman–Crippen MR) is 115 cm³/mol. The maximum absolute atomic E-state index is 12.6. The number of carbonyl (C=O) groups is 1. The number of benzene rings is 2. The molecule has 30 heavy (non-hydrogen) atoms. The van der Waals surface area contributed by atoms with Crippen LogP contribution in [0.25, 0.3) is 11.4 Å². The molecule has 0 bridgehead atoms. The minimum Gasteiger partial charge on any atom is -0.497 e. The van der Waals surface area contributed by atoms with Crippen molar-refractivity contribution in [1.82, 2.24) is 15.0 Å². The van der Waals surface area contributed by atoms with E-state index >= 15 is 0 Å². The van der Waals surface area contributed by atoms with E-state index in [1.807, 2.05) is 24.3 Å². The molecule has 9 heteroatoms. The van der Waals surface area contributed by atoms with Crippen LogP contribution < -0.4 is 10.1 Å². The molecule has 1 N–H and O–H groups in total. The number of nitrogens with zero attached hydrogens (tertiary/aromatic N) is 3. The van der Waals surface area contributed by atoms with Gasteiger partial charge in [0, 0.05) is 24.6 Å². The van der Waals surface area contributed by atoms with Crippen LogP contribution in [0, 0.1) is 0 Å². The maximum Gasteiger partial charge on any atom is 0.321 e. The third-order valence-corrected chi connectivity index (χ3v) is 5.73. The van der Waals surface area contributed by atoms with Crippen molar-refractivity contribution < 1.29 is 14.1 Å². The summed E-state index contributed by atoms with van der Waals surface area (Å²) in [6.07, 6.45) is 1.45. The lowest BCUT2D eigenvalue weighted by Gasteiger charge is -2.30. The summed E-state index contributed by atoms with van der Waals surface area (Å²) < 4.78 is 10.7. The Hall–Kier alpha value is -2.77. The molecule has 1 aliphatic heterocycles. The highest BCUT2D eigenvalue weighted by molar-refractivity contribution is 6.39. The van der Waals surface area contributed by atoms with Crippen molar-refractivity contribution in [2.24, 2.45) is 0 Å². The van der Waals surface area contributed by atoms with Crippen molar-refractivity contribution in [2.75, 3.05) is 25.5 Å². The zero-order valence-electron chi connectivity index (χ0n) is 16.3. The smallest absolute Gasteiger partial charge is 0.321 e. The van der Waals surface area contributed by atoms with Gasteiger partial charge in [-0.05, 0) is 37.1 Å². The first-order valence-corrected chi connectivity index (χ1v) is 10.3. The monoisotopic (exact) mass is 446 g/mol. The van der Waals surface area contributed by atoms with Gasteiger partial charge >= 0.3 is 6.03 Å². The summed E-state index contributed by atoms with van der Waals surface area (Å²) in [6.45, 7) is 1.13. The molecule has 7 nitrogen and oxygen atoms in total. The van der Waals surface area contributed by atoms with Crippen molar-refractivity contribution in [3.8, 4) is 17.1 Å². The highest BCUT2D eigenvalue weighted by atomic mass is 35.5. The molecule has 0 aliphatic carbocycles. The van der Waals surface area contributed by atoms with Gasteiger partial charge in [-0.15, -0.1) is 0 Å². The van der Waals surface area contributed by atoms with E-state index in [2.05, 4.69) is 15.5 Å². The Labute approximate surface area is 183 Å². The number of likely N-dealkylation sites (tertiary alicyclic amines) is 1. The number of para-hydroxylation sites is 1. The van der Waals surface area contributed by atoms with Gasteiger partial charge in [0.2, 0.25) is 11.7 Å². The zero-order valence-corrected chi connectivity index (χ0v) is 17.8. The van der Waals surface area contributed by atoms with Gasteiger partial charge in [0.15, 0.2) is 0 Å². The van der Waals surface area contributed by atoms with Crippen LogP contribution >= 0.6 is 23.2 Å². The molecule has 4 rings (SSSR count). The number of anilines is 1. The van der Waals surface area contributed by atoms with E-state index in [0.29, 0.717) is 40.5 Å². The number of halogens is 2. The van der Waals surface area contributed by atoms with E-state index in [1.54, 1.807) is 30.2 Å². The lowest BCUT2D eigenvalue weighted by atomic mass is 9.97. The molecule has 0 radical (unpaired) electrons. The molecular weight excluding hydrogens is 427 g/mol. The van der Waals surface area contributed by atoms with Crippen molar-refractivity contribution in [3.05, 3.63) is 58.4 Å². The fraction of sp³-hybridized carbons (Fsp3) is 0.286. The van der Waals surface area contributed by atoms with Gasteiger partial charge in [-0.25, -0.2) is 4.79 Å². The van der Waals surface area contributed by atoms with Crippen molar-refractivity contribution in [3.63, 3.8) is 0 Å². The molecule has 2 aromatic carbocycles. The van der Waals surface area contributed by atoms with Crippen molar-refractivity contribution >= 4 is 34.9 Å². The number of piperidine rings is 1. The SMILES string of the molecule is COc1cccc(-c2noc(C3CCN(C(=O)Nc4c(Cl)cccc4Cl)CC3)n2)c1. The summed E-state index contributed by atoms with van der Waals surface area (Å²) in [4.78, 5) is 18.9. The molecule has 0 saturated carbocycles. The normalized spacial score (nSPS) is 14.6. The Bertz CT molecular complexity index is 1030. The minimum absolute atomic E-state index is 0.102. The van der Waals surface area contributed by atoms with Crippen LogP contribution in [0.2, 0.25) is 10.0 Å². The first kappa shape index (κ1) is 20.5. The van der Waals surface area contributed by atoms with Crippen LogP contribution in [0.4, 0.5) is 10.5 Å². The molecule has 2 heterocycles. The van der Waals surface area contributed by atoms with Crippen LogP contribution in [0.15, 0.2) is 47.0 Å². The standard InChI is InChI=1S/C21H20Cl2N4O3/c1-29-15-5-2-4-14(12-15)19-25-20(30-26-19)13-8-10-27(11-9-13)21(28)24-18-16(22)6-3-7-17(18)23/h2-7,12-13H,8-11H2,1H3,(H,24,28). The van der Waals surface area contributed by atoms with Gasteiger partial charge in [0.1, 0.15) is 5.75 Å². The highest BCUT2D eigenvalue weighted by Gasteiger charge is 2.28. The van der Waals surface area contributed by atoms with Crippen LogP contribution in [0.5, 0.6) is 5.75 Å². The molecule has 0 unspecified atom stereocenters. The highest BCUT2D eigenvalue weighted by Crippen LogP contribution is 2.32. The van der Waals surface area contributed by atoms with Gasteiger partial charge in [0.25, 0.3) is 0 Å². The number of urea groups is 1. The van der Waals surface area contributed by atoms with Gasteiger partial charge in [-0.1, -0.05) is 46.6 Å². The fourth-order valence-electron chi connectivity index (χ4n) is 3.41. The molecule has 1 saturated heterocycles. The molecule has 156 valence electrons. The van der Waals surface area contributed by atoms with E-state index in [0.717, 1.165) is 24.2 Å². The number of ether oxygens (including phenoxy) is 1. The molecule has 1 aromatic heterocycles. The number of amides is 2. The third-order valence-electron chi connectivity index (χ3n) is 5.10. The largest absolute Gasteiger partial charge is 0.497 e. The number of hydrogen-bond donors (Lipinski definition) is 1. The number of nitrogens with one attached hydrogen (secondary N) is 1. The average Bonchev–Trinajstić information content (AvgIpc) is 3.27. The Balaban J connectivity index is 1.38. The van der Waals surface area contributed by atoms with E-state index in [1.165, 1.54) is 0 Å². The first-order valence-electron chi connectivity index (χ1n) is 9.53. The lowest BCUT2D eigenvalue weighted by molar-refractivity contribution is 0.187. The second-order valence-corrected chi connectivity index (χ2v) is 7.79. The average molecular weight is 447 g/mol. The summed E-state index contributed by atoms with van der Waals surface area (Å²) in [7, 11) is 1.62. The van der Waals surface area contributed by atoms with Crippen LogP contribution in [-0.2, 0) is 0 Å². The lowest BCUT2D eigenvalue weighted by Crippen LogP contribution is -2.40. The Morgan fingerprint density at radius 3 is 2.57 bits per heavy atom. The molecule has 3 aromatic rings. The molecule has 0 atom stereocenters. The summed E-state index contributed by atoms with van der Waals surface area (Å²) in [6, 6.07) is 12.4. The Morgan fingerprint density at radius 2 is 1.87 bits per heavy atom. The first-order chi connectivity index (χ1) is 14.5. The van der Waals surface area contributed by atoms with Gasteiger partial charge in [-0.3, -0.25) is 0 Å². The second-order valence-electron chi connectivity index (χ2n) is 6.98. The van der Waals surface area contributed by atoms with Crippen LogP contribution in [0.3, 0.4) is 0 Å². The zero-order chi connectivity index (χ0) is 21.1. The summed E-state index contributed by atoms with van der Waals surface area (Å²) >= 11 is 12.3. The van der Waals surface area contributed by atoms with Gasteiger partial charge in [-0.2, -0.15) is 4.98 Å². The third kappa shape index (κ3) is 4.37. The predicted octanol–water partition coefficient (Wildman–Crippen LogP) is 5.46. The number of methoxy groups -OCH3 is 1. The number of carbonyl (C=O) groups excluding carboxylic acids is 1. The number of aromatic nitrogens is 2. The summed E-state index contributed by atoms with van der Waals surface area (Å²) in [5.41, 5.74) is 1.26. The van der Waals surface area contributed by atoms with Crippen LogP contribution in [-0.4, -0.2) is 41.3 Å². The fourth-order valence-corrected chi connectivity index (χ4v) is 3.91. The summed E-state index contributed by atoms with van der Waals surface area (Å²) in [5.74, 6) is 1.95. The van der Waals surface area contributed by atoms with Gasteiger partial charge < -0.3 is 19.5 Å². The quantitative estimate of drug-likeness (QED) is 0.574. The van der Waals surface area contributed by atoms with E-state index in [4.69, 9.17) is 32.5 Å². The summed E-state index contributed by atoms with van der Waals surface area (Å²) in [5, 5.41) is 7.71. The Kier molecular flexibility index (Phi) is 6.11. The maximum atomic E-state index is 12.6. The van der Waals surface area contributed by atoms with E-state index in [-0.39, 0.29) is 11.9 Å². The number of hydrogen-bond acceptors (Lipinski definition) is 5. The molecule has 2 amide bonds. The van der Waals surface area contributed by atoms with E-state index < -0.39 is 0 Å². The minimum atomic E-state index is -0.231. The Morgan fingerprint density at radius 1 is 1.17 bits per heavy atom. The molecule has 1 aliphatic rings. The van der Waals surface area contributed by atoms with Crippen molar-refractivity contribution in [1.29, 1.82) is 0 Å². The van der Waals surface area contributed by atoms with Gasteiger partial charge in [0.05, 0.1) is 22.8 Å².